The second kappa shape index (κ2) is 6.58. The lowest BCUT2D eigenvalue weighted by Crippen LogP contribution is -2.42. The number of hydrogen-bond acceptors (Lipinski definition) is 1. The van der Waals surface area contributed by atoms with Crippen LogP contribution in [0.25, 0.3) is 0 Å². The molecular weight excluding hydrogens is 314 g/mol. The van der Waals surface area contributed by atoms with Crippen molar-refractivity contribution in [2.24, 2.45) is 0 Å². The van der Waals surface area contributed by atoms with Crippen LogP contribution in [0.15, 0.2) is 22.7 Å². The van der Waals surface area contributed by atoms with Crippen molar-refractivity contribution in [1.82, 2.24) is 4.90 Å². The zero-order chi connectivity index (χ0) is 13.9. The minimum atomic E-state index is 0.0491. The predicted octanol–water partition coefficient (Wildman–Crippen LogP) is 4.45. The zero-order valence-electron chi connectivity index (χ0n) is 11.2. The van der Waals surface area contributed by atoms with Gasteiger partial charge in [0.15, 0.2) is 0 Å². The average molecular weight is 333 g/mol. The van der Waals surface area contributed by atoms with Gasteiger partial charge >= 0.3 is 0 Å². The molecule has 0 N–H and O–H groups in total. The minimum Gasteiger partial charge on any atom is -0.334 e. The van der Waals surface area contributed by atoms with E-state index in [1.807, 2.05) is 50.8 Å². The Kier molecular flexibility index (Phi) is 5.67. The van der Waals surface area contributed by atoms with Gasteiger partial charge in [-0.25, -0.2) is 0 Å². The molecule has 2 nitrogen and oxygen atoms in total. The lowest BCUT2D eigenvalue weighted by molar-refractivity contribution is 0.0643. The van der Waals surface area contributed by atoms with Crippen molar-refractivity contribution in [2.75, 3.05) is 0 Å². The fraction of sp³-hybridized carbons (Fsp3) is 0.500. The first-order chi connectivity index (χ1) is 8.38. The van der Waals surface area contributed by atoms with Crippen molar-refractivity contribution in [1.29, 1.82) is 0 Å². The highest BCUT2D eigenvalue weighted by atomic mass is 79.9. The van der Waals surface area contributed by atoms with Gasteiger partial charge in [0.1, 0.15) is 0 Å². The van der Waals surface area contributed by atoms with Crippen molar-refractivity contribution >= 4 is 33.4 Å². The van der Waals surface area contributed by atoms with E-state index in [0.717, 1.165) is 10.0 Å². The maximum atomic E-state index is 12.5. The molecule has 0 radical (unpaired) electrons. The molecule has 0 aliphatic heterocycles. The average Bonchev–Trinajstić information content (AvgIpc) is 2.27. The molecule has 0 aromatic heterocycles. The predicted molar refractivity (Wildman–Crippen MR) is 80.1 cm³/mol. The molecule has 0 heterocycles. The topological polar surface area (TPSA) is 20.3 Å². The van der Waals surface area contributed by atoms with Gasteiger partial charge in [0.25, 0.3) is 5.91 Å². The van der Waals surface area contributed by atoms with E-state index in [9.17, 15) is 4.79 Å². The van der Waals surface area contributed by atoms with E-state index in [1.165, 1.54) is 0 Å². The first kappa shape index (κ1) is 15.5. The van der Waals surface area contributed by atoms with Crippen molar-refractivity contribution in [2.45, 2.75) is 45.7 Å². The third-order valence-corrected chi connectivity index (χ3v) is 3.73. The second-order valence-corrected chi connectivity index (χ2v) is 5.97. The zero-order valence-corrected chi connectivity index (χ0v) is 13.5. The maximum Gasteiger partial charge on any atom is 0.255 e. The highest BCUT2D eigenvalue weighted by Crippen LogP contribution is 2.23. The summed E-state index contributed by atoms with van der Waals surface area (Å²) in [5.41, 5.74) is 1.69. The number of rotatable bonds is 4. The van der Waals surface area contributed by atoms with Gasteiger partial charge in [-0.2, -0.15) is 0 Å². The first-order valence-corrected chi connectivity index (χ1v) is 7.38. The lowest BCUT2D eigenvalue weighted by Gasteiger charge is -2.31. The Morgan fingerprint density at radius 2 is 1.83 bits per heavy atom. The molecule has 0 bridgehead atoms. The quantitative estimate of drug-likeness (QED) is 0.746. The smallest absolute Gasteiger partial charge is 0.255 e. The second-order valence-electron chi connectivity index (χ2n) is 4.85. The van der Waals surface area contributed by atoms with E-state index >= 15 is 0 Å². The van der Waals surface area contributed by atoms with E-state index in [0.29, 0.717) is 11.4 Å². The van der Waals surface area contributed by atoms with Crippen LogP contribution in [0.3, 0.4) is 0 Å². The van der Waals surface area contributed by atoms with Gasteiger partial charge in [0.05, 0.1) is 5.56 Å². The van der Waals surface area contributed by atoms with E-state index < -0.39 is 0 Å². The fourth-order valence-corrected chi connectivity index (χ4v) is 2.78. The summed E-state index contributed by atoms with van der Waals surface area (Å²) in [6.07, 6.45) is 0. The summed E-state index contributed by atoms with van der Waals surface area (Å²) >= 11 is 9.23. The van der Waals surface area contributed by atoms with Crippen molar-refractivity contribution < 1.29 is 4.79 Å². The Bertz CT molecular complexity index is 424. The summed E-state index contributed by atoms with van der Waals surface area (Å²) in [4.78, 5) is 14.4. The molecule has 4 heteroatoms. The number of halogens is 2. The van der Waals surface area contributed by atoms with Crippen LogP contribution in [0.1, 0.15) is 43.6 Å². The van der Waals surface area contributed by atoms with Crippen molar-refractivity contribution in [3.05, 3.63) is 33.8 Å². The van der Waals surface area contributed by atoms with Crippen LogP contribution in [0.2, 0.25) is 0 Å². The molecule has 1 aromatic rings. The van der Waals surface area contributed by atoms with E-state index in [2.05, 4.69) is 15.9 Å². The van der Waals surface area contributed by atoms with Gasteiger partial charge in [-0.05, 0) is 61.3 Å². The van der Waals surface area contributed by atoms with Gasteiger partial charge in [0, 0.05) is 22.4 Å². The molecule has 1 amide bonds. The standard InChI is InChI=1S/C14H19BrClNO/c1-9(2)17(10(3)4)14(18)12-6-5-11(8-16)7-13(12)15/h5-7,9-10H,8H2,1-4H3. The molecule has 0 atom stereocenters. The Morgan fingerprint density at radius 1 is 1.28 bits per heavy atom. The van der Waals surface area contributed by atoms with Crippen LogP contribution in [0.4, 0.5) is 0 Å². The van der Waals surface area contributed by atoms with Gasteiger partial charge < -0.3 is 4.90 Å². The molecule has 1 rings (SSSR count). The number of amides is 1. The first-order valence-electron chi connectivity index (χ1n) is 6.05. The fourth-order valence-electron chi connectivity index (χ4n) is 2.02. The molecule has 100 valence electrons. The number of carbonyl (C=O) groups is 1. The summed E-state index contributed by atoms with van der Waals surface area (Å²) < 4.78 is 0.803. The van der Waals surface area contributed by atoms with E-state index in [-0.39, 0.29) is 18.0 Å². The van der Waals surface area contributed by atoms with Crippen LogP contribution in [0.5, 0.6) is 0 Å². The van der Waals surface area contributed by atoms with Gasteiger partial charge in [-0.15, -0.1) is 11.6 Å². The summed E-state index contributed by atoms with van der Waals surface area (Å²) in [6.45, 7) is 8.11. The van der Waals surface area contributed by atoms with Crippen LogP contribution < -0.4 is 0 Å². The summed E-state index contributed by atoms with van der Waals surface area (Å²) in [5, 5.41) is 0. The van der Waals surface area contributed by atoms with E-state index in [4.69, 9.17) is 11.6 Å². The monoisotopic (exact) mass is 331 g/mol. The van der Waals surface area contributed by atoms with Crippen LogP contribution in [0, 0.1) is 0 Å². The third kappa shape index (κ3) is 3.48. The van der Waals surface area contributed by atoms with Gasteiger partial charge in [-0.3, -0.25) is 4.79 Å². The highest BCUT2D eigenvalue weighted by molar-refractivity contribution is 9.10. The molecule has 0 aliphatic carbocycles. The number of hydrogen-bond donors (Lipinski definition) is 0. The molecule has 0 spiro atoms. The SMILES string of the molecule is CC(C)N(C(=O)c1ccc(CCl)cc1Br)C(C)C. The maximum absolute atomic E-state index is 12.5. The molecule has 0 fully saturated rings. The number of carbonyl (C=O) groups excluding carboxylic acids is 1. The Balaban J connectivity index is 3.09. The molecule has 0 unspecified atom stereocenters. The van der Waals surface area contributed by atoms with Crippen LogP contribution in [-0.2, 0) is 5.88 Å². The summed E-state index contributed by atoms with van der Waals surface area (Å²) in [5.74, 6) is 0.499. The third-order valence-electron chi connectivity index (χ3n) is 2.77. The number of alkyl halides is 1. The summed E-state index contributed by atoms with van der Waals surface area (Å²) in [6, 6.07) is 5.99. The Hall–Kier alpha value is -0.540. The Labute approximate surface area is 122 Å². The number of nitrogens with zero attached hydrogens (tertiary/aromatic N) is 1. The van der Waals surface area contributed by atoms with Crippen LogP contribution in [-0.4, -0.2) is 22.9 Å². The molecule has 0 aliphatic rings. The van der Waals surface area contributed by atoms with Crippen molar-refractivity contribution in [3.8, 4) is 0 Å². The Morgan fingerprint density at radius 3 is 2.22 bits per heavy atom. The normalized spacial score (nSPS) is 11.1. The minimum absolute atomic E-state index is 0.0491. The highest BCUT2D eigenvalue weighted by Gasteiger charge is 2.23. The van der Waals surface area contributed by atoms with Crippen LogP contribution >= 0.6 is 27.5 Å². The number of benzene rings is 1. The van der Waals surface area contributed by atoms with E-state index in [1.54, 1.807) is 0 Å². The molecule has 18 heavy (non-hydrogen) atoms. The molecule has 0 saturated carbocycles. The van der Waals surface area contributed by atoms with Gasteiger partial charge in [-0.1, -0.05) is 6.07 Å². The van der Waals surface area contributed by atoms with Crippen molar-refractivity contribution in [3.63, 3.8) is 0 Å². The molecular formula is C14H19BrClNO. The van der Waals surface area contributed by atoms with Gasteiger partial charge in [0.2, 0.25) is 0 Å². The molecule has 0 saturated heterocycles. The largest absolute Gasteiger partial charge is 0.334 e. The molecule has 1 aromatic carbocycles. The lowest BCUT2D eigenvalue weighted by atomic mass is 10.1. The summed E-state index contributed by atoms with van der Waals surface area (Å²) in [7, 11) is 0.